The molecule has 2 aliphatic heterocycles. The highest BCUT2D eigenvalue weighted by molar-refractivity contribution is 5.85. The quantitative estimate of drug-likeness (QED) is 0.353. The van der Waals surface area contributed by atoms with Gasteiger partial charge in [0.15, 0.2) is 0 Å². The molecule has 2 aromatic rings. The normalized spacial score (nSPS) is 24.4. The van der Waals surface area contributed by atoms with Crippen molar-refractivity contribution in [2.45, 2.75) is 72.4 Å². The van der Waals surface area contributed by atoms with E-state index >= 15 is 0 Å². The zero-order valence-electron chi connectivity index (χ0n) is 24.1. The van der Waals surface area contributed by atoms with E-state index in [2.05, 4.69) is 75.2 Å². The fourth-order valence-electron chi connectivity index (χ4n) is 4.78. The van der Waals surface area contributed by atoms with E-state index < -0.39 is 0 Å². The van der Waals surface area contributed by atoms with Gasteiger partial charge in [0.05, 0.1) is 24.4 Å². The molecule has 1 unspecified atom stereocenters. The van der Waals surface area contributed by atoms with Crippen LogP contribution in [0.3, 0.4) is 0 Å². The smallest absolute Gasteiger partial charge is 0.145 e. The summed E-state index contributed by atoms with van der Waals surface area (Å²) in [6, 6.07) is 20.6. The van der Waals surface area contributed by atoms with Gasteiger partial charge in [-0.25, -0.2) is 0 Å². The molecule has 212 valence electrons. The van der Waals surface area contributed by atoms with Crippen LogP contribution in [0.5, 0.6) is 0 Å². The van der Waals surface area contributed by atoms with E-state index in [1.807, 2.05) is 36.4 Å². The lowest BCUT2D eigenvalue weighted by atomic mass is 10.00. The Balaban J connectivity index is 0.000000309. The second-order valence-corrected chi connectivity index (χ2v) is 10.6. The van der Waals surface area contributed by atoms with Crippen LogP contribution < -0.4 is 5.32 Å². The highest BCUT2D eigenvalue weighted by Crippen LogP contribution is 2.15. The molecular formula is C32H49ClN2O3. The van der Waals surface area contributed by atoms with Gasteiger partial charge in [-0.2, -0.15) is 0 Å². The number of halogens is 1. The summed E-state index contributed by atoms with van der Waals surface area (Å²) >= 11 is 0. The Bertz CT molecular complexity index is 891. The first-order valence-corrected chi connectivity index (χ1v) is 13.7. The molecule has 6 heteroatoms. The first-order chi connectivity index (χ1) is 17.7. The largest absolute Gasteiger partial charge is 0.373 e. The molecule has 0 amide bonds. The van der Waals surface area contributed by atoms with E-state index in [0.717, 1.165) is 43.6 Å². The van der Waals surface area contributed by atoms with Gasteiger partial charge in [-0.05, 0) is 69.7 Å². The number of allylic oxidation sites excluding steroid dienone is 1. The number of carbonyl (C=O) groups excluding carboxylic acids is 1. The van der Waals surface area contributed by atoms with Gasteiger partial charge in [0, 0.05) is 32.7 Å². The Morgan fingerprint density at radius 2 is 1.39 bits per heavy atom. The molecule has 2 heterocycles. The topological polar surface area (TPSA) is 50.8 Å². The first-order valence-electron chi connectivity index (χ1n) is 13.7. The van der Waals surface area contributed by atoms with Crippen molar-refractivity contribution in [2.24, 2.45) is 5.92 Å². The molecule has 0 saturated carbocycles. The maximum atomic E-state index is 10.2. The zero-order chi connectivity index (χ0) is 27.0. The number of ether oxygens (including phenoxy) is 2. The fraction of sp³-hybridized carbons (Fsp3) is 0.531. The lowest BCUT2D eigenvalue weighted by Crippen LogP contribution is -2.47. The van der Waals surface area contributed by atoms with E-state index in [-0.39, 0.29) is 12.4 Å². The van der Waals surface area contributed by atoms with Crippen molar-refractivity contribution in [3.05, 3.63) is 77.4 Å². The minimum atomic E-state index is 0. The third-order valence-corrected chi connectivity index (χ3v) is 6.20. The second kappa shape index (κ2) is 19.1. The van der Waals surface area contributed by atoms with E-state index in [1.165, 1.54) is 18.5 Å². The van der Waals surface area contributed by atoms with Gasteiger partial charge in [0.2, 0.25) is 0 Å². The molecule has 1 N–H and O–H groups in total. The first kappa shape index (κ1) is 34.0. The molecule has 0 aromatic heterocycles. The number of aldehydes is 1. The van der Waals surface area contributed by atoms with Crippen molar-refractivity contribution in [2.75, 3.05) is 32.7 Å². The Morgan fingerprint density at radius 1 is 0.895 bits per heavy atom. The summed E-state index contributed by atoms with van der Waals surface area (Å²) in [6.07, 6.45) is 5.42. The summed E-state index contributed by atoms with van der Waals surface area (Å²) in [5.41, 5.74) is 3.26. The fourth-order valence-corrected chi connectivity index (χ4v) is 4.78. The van der Waals surface area contributed by atoms with Crippen LogP contribution in [0.2, 0.25) is 0 Å². The molecule has 2 aliphatic rings. The summed E-state index contributed by atoms with van der Waals surface area (Å²) in [4.78, 5) is 12.8. The molecular weight excluding hydrogens is 496 g/mol. The molecule has 2 saturated heterocycles. The Hall–Kier alpha value is -2.02. The number of nitrogens with one attached hydrogen (secondary N) is 1. The van der Waals surface area contributed by atoms with Gasteiger partial charge in [-0.15, -0.1) is 12.4 Å². The number of benzene rings is 2. The third kappa shape index (κ3) is 14.8. The summed E-state index contributed by atoms with van der Waals surface area (Å²) < 4.78 is 11.2. The lowest BCUT2D eigenvalue weighted by Gasteiger charge is -2.36. The molecule has 5 atom stereocenters. The number of rotatable bonds is 6. The molecule has 0 bridgehead atoms. The van der Waals surface area contributed by atoms with Crippen molar-refractivity contribution >= 4 is 24.8 Å². The Kier molecular flexibility index (Phi) is 17.1. The van der Waals surface area contributed by atoms with Crippen molar-refractivity contribution in [1.82, 2.24) is 10.2 Å². The standard InChI is InChI=1S/C16H25NO.C10H10O.C6H13NO.ClH/c1-13(9-16-7-5-4-6-8-16)10-17-11-14(2)18-15(3)12-17;1-9(8-11)7-10-5-3-2-4-6-10;1-5-3-7-4-6(2)8-5;/h4-8,13-15H,9-12H2,1-3H3;2-8H,1H3;5-7H,3-4H2,1-2H3;1H/b;9-7+;;/t13?,14-,15+;;5-,6+;. The van der Waals surface area contributed by atoms with Crippen LogP contribution in [0, 0.1) is 5.92 Å². The van der Waals surface area contributed by atoms with Crippen LogP contribution in [-0.2, 0) is 20.7 Å². The maximum absolute atomic E-state index is 10.2. The third-order valence-electron chi connectivity index (χ3n) is 6.20. The maximum Gasteiger partial charge on any atom is 0.145 e. The van der Waals surface area contributed by atoms with Crippen molar-refractivity contribution in [3.63, 3.8) is 0 Å². The van der Waals surface area contributed by atoms with E-state index in [9.17, 15) is 4.79 Å². The van der Waals surface area contributed by atoms with Crippen molar-refractivity contribution < 1.29 is 14.3 Å². The van der Waals surface area contributed by atoms with Gasteiger partial charge in [0.1, 0.15) is 6.29 Å². The lowest BCUT2D eigenvalue weighted by molar-refractivity contribution is -0.104. The Labute approximate surface area is 237 Å². The molecule has 0 radical (unpaired) electrons. The Morgan fingerprint density at radius 3 is 1.87 bits per heavy atom. The monoisotopic (exact) mass is 544 g/mol. The molecule has 38 heavy (non-hydrogen) atoms. The molecule has 2 aromatic carbocycles. The average Bonchev–Trinajstić information content (AvgIpc) is 2.85. The summed E-state index contributed by atoms with van der Waals surface area (Å²) in [7, 11) is 0. The molecule has 0 aliphatic carbocycles. The zero-order valence-corrected chi connectivity index (χ0v) is 25.0. The van der Waals surface area contributed by atoms with Crippen LogP contribution in [0.25, 0.3) is 6.08 Å². The minimum absolute atomic E-state index is 0. The predicted molar refractivity (Wildman–Crippen MR) is 162 cm³/mol. The molecule has 4 rings (SSSR count). The number of hydrogen-bond donors (Lipinski definition) is 1. The van der Waals surface area contributed by atoms with Crippen LogP contribution in [0.15, 0.2) is 66.2 Å². The summed E-state index contributed by atoms with van der Waals surface area (Å²) in [6.45, 7) is 18.0. The molecule has 5 nitrogen and oxygen atoms in total. The van der Waals surface area contributed by atoms with Crippen LogP contribution >= 0.6 is 12.4 Å². The molecule has 2 fully saturated rings. The highest BCUT2D eigenvalue weighted by Gasteiger charge is 2.23. The van der Waals surface area contributed by atoms with Crippen LogP contribution in [0.4, 0.5) is 0 Å². The predicted octanol–water partition coefficient (Wildman–Crippen LogP) is 6.07. The van der Waals surface area contributed by atoms with Crippen molar-refractivity contribution in [1.29, 1.82) is 0 Å². The van der Waals surface area contributed by atoms with Crippen molar-refractivity contribution in [3.8, 4) is 0 Å². The number of nitrogens with zero attached hydrogens (tertiary/aromatic N) is 1. The average molecular weight is 545 g/mol. The van der Waals surface area contributed by atoms with E-state index in [1.54, 1.807) is 6.92 Å². The van der Waals surface area contributed by atoms with Gasteiger partial charge in [-0.1, -0.05) is 67.6 Å². The van der Waals surface area contributed by atoms with Gasteiger partial charge >= 0.3 is 0 Å². The SMILES string of the molecule is C/C(C=O)=C\c1ccccc1.CC(Cc1ccccc1)CN1C[C@@H](C)O[C@@H](C)C1.C[C@@H]1CNC[C@H](C)O1.Cl. The van der Waals surface area contributed by atoms with E-state index in [0.29, 0.717) is 30.3 Å². The number of morpholine rings is 2. The highest BCUT2D eigenvalue weighted by atomic mass is 35.5. The minimum Gasteiger partial charge on any atom is -0.373 e. The van der Waals surface area contributed by atoms with Crippen LogP contribution in [-0.4, -0.2) is 68.3 Å². The number of carbonyl (C=O) groups is 1. The summed E-state index contributed by atoms with van der Waals surface area (Å²) in [5, 5.41) is 3.26. The molecule has 0 spiro atoms. The number of hydrogen-bond acceptors (Lipinski definition) is 5. The second-order valence-electron chi connectivity index (χ2n) is 10.6. The summed E-state index contributed by atoms with van der Waals surface area (Å²) in [5.74, 6) is 0.699. The van der Waals surface area contributed by atoms with Gasteiger partial charge < -0.3 is 14.8 Å². The van der Waals surface area contributed by atoms with E-state index in [4.69, 9.17) is 9.47 Å². The van der Waals surface area contributed by atoms with Gasteiger partial charge in [0.25, 0.3) is 0 Å². The van der Waals surface area contributed by atoms with Gasteiger partial charge in [-0.3, -0.25) is 9.69 Å². The van der Waals surface area contributed by atoms with Crippen LogP contribution in [0.1, 0.15) is 52.7 Å².